The Morgan fingerprint density at radius 1 is 1.33 bits per heavy atom. The molecule has 1 aromatic heterocycles. The number of amides is 1. The van der Waals surface area contributed by atoms with Gasteiger partial charge in [-0.25, -0.2) is 9.78 Å². The first-order valence-electron chi connectivity index (χ1n) is 8.64. The van der Waals surface area contributed by atoms with Crippen LogP contribution in [0, 0.1) is 5.41 Å². The van der Waals surface area contributed by atoms with Gasteiger partial charge in [-0.2, -0.15) is 4.98 Å². The highest BCUT2D eigenvalue weighted by atomic mass is 16.6. The van der Waals surface area contributed by atoms with E-state index in [2.05, 4.69) is 9.97 Å². The monoisotopic (exact) mass is 377 g/mol. The molecule has 1 aromatic rings. The van der Waals surface area contributed by atoms with Crippen molar-refractivity contribution < 1.29 is 14.3 Å². The molecule has 10 heteroatoms. The van der Waals surface area contributed by atoms with Crippen molar-refractivity contribution in [3.63, 3.8) is 0 Å². The Bertz CT molecular complexity index is 735. The van der Waals surface area contributed by atoms with Crippen LogP contribution in [0.15, 0.2) is 12.3 Å². The molecule has 0 aromatic carbocycles. The van der Waals surface area contributed by atoms with E-state index in [0.29, 0.717) is 31.5 Å². The molecular formula is C17H27N7O3. The number of rotatable bonds is 3. The average molecular weight is 377 g/mol. The molecule has 0 saturated carbocycles. The maximum absolute atomic E-state index is 12.1. The van der Waals surface area contributed by atoms with Gasteiger partial charge in [0.1, 0.15) is 17.5 Å². The first-order valence-corrected chi connectivity index (χ1v) is 8.64. The Hall–Kier alpha value is -3.04. The summed E-state index contributed by atoms with van der Waals surface area (Å²) in [5.41, 5.74) is 17.2. The third kappa shape index (κ3) is 6.01. The van der Waals surface area contributed by atoms with Gasteiger partial charge in [0.2, 0.25) is 11.8 Å². The van der Waals surface area contributed by atoms with Crippen LogP contribution in [0.4, 0.5) is 16.6 Å². The lowest BCUT2D eigenvalue weighted by Gasteiger charge is -2.33. The van der Waals surface area contributed by atoms with Gasteiger partial charge in [-0.1, -0.05) is 0 Å². The van der Waals surface area contributed by atoms with E-state index in [1.54, 1.807) is 4.90 Å². The predicted molar refractivity (Wildman–Crippen MR) is 103 cm³/mol. The molecule has 27 heavy (non-hydrogen) atoms. The van der Waals surface area contributed by atoms with Gasteiger partial charge in [-0.3, -0.25) is 5.41 Å². The van der Waals surface area contributed by atoms with Crippen LogP contribution in [0.5, 0.6) is 0 Å². The van der Waals surface area contributed by atoms with Gasteiger partial charge >= 0.3 is 6.09 Å². The second kappa shape index (κ2) is 8.11. The van der Waals surface area contributed by atoms with Crippen LogP contribution in [0.3, 0.4) is 0 Å². The molecule has 1 aliphatic rings. The smallest absolute Gasteiger partial charge is 0.410 e. The number of carbonyl (C=O) groups excluding carboxylic acids is 1. The van der Waals surface area contributed by atoms with Crippen LogP contribution in [0.1, 0.15) is 39.2 Å². The molecule has 0 atom stereocenters. The zero-order chi connectivity index (χ0) is 20.2. The lowest BCUT2D eigenvalue weighted by molar-refractivity contribution is 0.0116. The zero-order valence-electron chi connectivity index (χ0n) is 15.9. The summed E-state index contributed by atoms with van der Waals surface area (Å²) < 4.78 is 11.0. The second-order valence-corrected chi connectivity index (χ2v) is 7.28. The molecule has 0 spiro atoms. The fourth-order valence-corrected chi connectivity index (χ4v) is 2.55. The Labute approximate surface area is 158 Å². The van der Waals surface area contributed by atoms with Crippen LogP contribution < -0.4 is 17.2 Å². The summed E-state index contributed by atoms with van der Waals surface area (Å²) in [5, 5.41) is 7.98. The van der Waals surface area contributed by atoms with Crippen molar-refractivity contribution in [2.75, 3.05) is 24.6 Å². The molecule has 2 rings (SSSR count). The third-order valence-electron chi connectivity index (χ3n) is 3.82. The maximum Gasteiger partial charge on any atom is 0.410 e. The van der Waals surface area contributed by atoms with Crippen LogP contribution in [0.25, 0.3) is 5.70 Å². The van der Waals surface area contributed by atoms with E-state index in [1.807, 2.05) is 20.8 Å². The van der Waals surface area contributed by atoms with Gasteiger partial charge in [-0.05, 0) is 20.8 Å². The molecule has 1 aliphatic heterocycles. The lowest BCUT2D eigenvalue weighted by Crippen LogP contribution is -2.43. The first kappa shape index (κ1) is 20.3. The summed E-state index contributed by atoms with van der Waals surface area (Å²) in [6, 6.07) is 0. The highest BCUT2D eigenvalue weighted by Gasteiger charge is 2.27. The molecule has 0 bridgehead atoms. The fraction of sp³-hybridized carbons (Fsp3) is 0.529. The standard InChI is InChI=1S/C17H27N7O3/c1-17(2,3)27-16(25)24-6-4-10(5-7-24)26-13(19)8-12(18)11-9-22-15(21)23-14(11)20/h8-10,19H,4-7,18H2,1-3H3,(H4,20,21,22,23). The van der Waals surface area contributed by atoms with Crippen LogP contribution in [-0.4, -0.2) is 51.7 Å². The molecular weight excluding hydrogens is 350 g/mol. The van der Waals surface area contributed by atoms with Crippen LogP contribution in [-0.2, 0) is 9.47 Å². The lowest BCUT2D eigenvalue weighted by atomic mass is 10.1. The van der Waals surface area contributed by atoms with Gasteiger partial charge in [0.05, 0.1) is 5.56 Å². The number of likely N-dealkylation sites (tertiary alicyclic amines) is 1. The highest BCUT2D eigenvalue weighted by molar-refractivity contribution is 5.93. The summed E-state index contributed by atoms with van der Waals surface area (Å²) in [6.07, 6.45) is 3.44. The zero-order valence-corrected chi connectivity index (χ0v) is 15.9. The maximum atomic E-state index is 12.1. The summed E-state index contributed by atoms with van der Waals surface area (Å²) in [5.74, 6) is 0.0845. The quantitative estimate of drug-likeness (QED) is 0.452. The summed E-state index contributed by atoms with van der Waals surface area (Å²) in [4.78, 5) is 21.4. The molecule has 1 amide bonds. The van der Waals surface area contributed by atoms with E-state index in [9.17, 15) is 4.79 Å². The van der Waals surface area contributed by atoms with E-state index < -0.39 is 5.60 Å². The number of nitrogen functional groups attached to an aromatic ring is 2. The summed E-state index contributed by atoms with van der Waals surface area (Å²) in [7, 11) is 0. The number of nitrogens with two attached hydrogens (primary N) is 3. The number of anilines is 2. The van der Waals surface area contributed by atoms with Crippen molar-refractivity contribution in [2.24, 2.45) is 5.73 Å². The van der Waals surface area contributed by atoms with Gasteiger partial charge in [0.25, 0.3) is 0 Å². The molecule has 148 valence electrons. The van der Waals surface area contributed by atoms with Crippen molar-refractivity contribution >= 4 is 29.5 Å². The summed E-state index contributed by atoms with van der Waals surface area (Å²) >= 11 is 0. The molecule has 7 N–H and O–H groups in total. The van der Waals surface area contributed by atoms with Crippen molar-refractivity contribution in [3.05, 3.63) is 17.8 Å². The molecule has 10 nitrogen and oxygen atoms in total. The van der Waals surface area contributed by atoms with Gasteiger partial charge in [0, 0.05) is 43.9 Å². The van der Waals surface area contributed by atoms with E-state index in [4.69, 9.17) is 32.1 Å². The van der Waals surface area contributed by atoms with Gasteiger partial charge in [0.15, 0.2) is 0 Å². The van der Waals surface area contributed by atoms with Gasteiger partial charge < -0.3 is 31.6 Å². The fourth-order valence-electron chi connectivity index (χ4n) is 2.55. The number of hydrogen-bond donors (Lipinski definition) is 4. The Kier molecular flexibility index (Phi) is 6.09. The van der Waals surface area contributed by atoms with E-state index >= 15 is 0 Å². The molecule has 1 fully saturated rings. The number of ether oxygens (including phenoxy) is 2. The van der Waals surface area contributed by atoms with Crippen molar-refractivity contribution in [3.8, 4) is 0 Å². The Morgan fingerprint density at radius 2 is 1.96 bits per heavy atom. The molecule has 2 heterocycles. The van der Waals surface area contributed by atoms with Crippen molar-refractivity contribution in [1.29, 1.82) is 5.41 Å². The summed E-state index contributed by atoms with van der Waals surface area (Å²) in [6.45, 7) is 6.50. The highest BCUT2D eigenvalue weighted by Crippen LogP contribution is 2.19. The number of nitrogens with zero attached hydrogens (tertiary/aromatic N) is 3. The number of hydrogen-bond acceptors (Lipinski definition) is 9. The molecule has 1 saturated heterocycles. The van der Waals surface area contributed by atoms with Crippen molar-refractivity contribution in [2.45, 2.75) is 45.3 Å². The number of carbonyl (C=O) groups is 1. The number of aromatic nitrogens is 2. The Morgan fingerprint density at radius 3 is 2.52 bits per heavy atom. The topological polar surface area (TPSA) is 166 Å². The first-order chi connectivity index (χ1) is 12.5. The SMILES string of the molecule is CC(C)(C)OC(=O)N1CCC(OC(=N)C=C(N)c2cnc(N)nc2N)CC1. The van der Waals surface area contributed by atoms with Gasteiger partial charge in [-0.15, -0.1) is 0 Å². The molecule has 0 aliphatic carbocycles. The van der Waals surface area contributed by atoms with E-state index in [1.165, 1.54) is 12.3 Å². The third-order valence-corrected chi connectivity index (χ3v) is 3.82. The number of nitrogens with one attached hydrogen (secondary N) is 1. The van der Waals surface area contributed by atoms with Crippen LogP contribution in [0.2, 0.25) is 0 Å². The second-order valence-electron chi connectivity index (χ2n) is 7.28. The minimum Gasteiger partial charge on any atom is -0.475 e. The normalized spacial score (nSPS) is 16.1. The predicted octanol–water partition coefficient (Wildman–Crippen LogP) is 1.33. The molecule has 0 radical (unpaired) electrons. The van der Waals surface area contributed by atoms with Crippen molar-refractivity contribution in [1.82, 2.24) is 14.9 Å². The number of piperidine rings is 1. The largest absolute Gasteiger partial charge is 0.475 e. The van der Waals surface area contributed by atoms with E-state index in [0.717, 1.165) is 0 Å². The van der Waals surface area contributed by atoms with Crippen LogP contribution >= 0.6 is 0 Å². The molecule has 0 unspecified atom stereocenters. The average Bonchev–Trinajstić information content (AvgIpc) is 2.53. The minimum absolute atomic E-state index is 0.0483. The minimum atomic E-state index is -0.525. The van der Waals surface area contributed by atoms with E-state index in [-0.39, 0.29) is 35.6 Å². The Balaban J connectivity index is 1.88.